The predicted molar refractivity (Wildman–Crippen MR) is 97.8 cm³/mol. The van der Waals surface area contributed by atoms with Crippen molar-refractivity contribution in [1.29, 1.82) is 0 Å². The topological polar surface area (TPSA) is 78.0 Å². The van der Waals surface area contributed by atoms with Crippen LogP contribution in [0.3, 0.4) is 0 Å². The first-order chi connectivity index (χ1) is 13.1. The number of esters is 1. The second-order valence-corrected chi connectivity index (χ2v) is 6.17. The summed E-state index contributed by atoms with van der Waals surface area (Å²) in [7, 11) is 3.20. The van der Waals surface area contributed by atoms with Crippen molar-refractivity contribution in [1.82, 2.24) is 9.88 Å². The molecule has 7 nitrogen and oxygen atoms in total. The third kappa shape index (κ3) is 4.19. The Balaban J connectivity index is 1.71. The predicted octanol–water partition coefficient (Wildman–Crippen LogP) is 2.62. The lowest BCUT2D eigenvalue weighted by molar-refractivity contribution is -0.135. The number of amides is 1. The number of methoxy groups -OCH3 is 2. The summed E-state index contributed by atoms with van der Waals surface area (Å²) >= 11 is 0. The molecule has 0 aliphatic carbocycles. The largest absolute Gasteiger partial charge is 0.497 e. The second-order valence-electron chi connectivity index (χ2n) is 6.17. The minimum Gasteiger partial charge on any atom is -0.497 e. The minimum atomic E-state index is -0.541. The molecule has 1 atom stereocenters. The molecular weight excluding hydrogens is 348 g/mol. The molecule has 1 aliphatic rings. The first-order valence-electron chi connectivity index (χ1n) is 8.72. The molecule has 2 aromatic rings. The molecule has 0 saturated carbocycles. The van der Waals surface area contributed by atoms with Gasteiger partial charge in [0.15, 0.2) is 6.61 Å². The van der Waals surface area contributed by atoms with Gasteiger partial charge in [0, 0.05) is 24.5 Å². The Kier molecular flexibility index (Phi) is 5.90. The van der Waals surface area contributed by atoms with Gasteiger partial charge in [-0.3, -0.25) is 9.78 Å². The SMILES string of the molecule is COc1ccc(OC)c([C@H]2CCCN2C(=O)COC(=O)c2ccncc2)c1. The maximum absolute atomic E-state index is 12.7. The summed E-state index contributed by atoms with van der Waals surface area (Å²) in [5.74, 6) is 0.633. The molecule has 27 heavy (non-hydrogen) atoms. The van der Waals surface area contributed by atoms with Crippen LogP contribution in [0.5, 0.6) is 11.5 Å². The average Bonchev–Trinajstić information content (AvgIpc) is 3.21. The van der Waals surface area contributed by atoms with Crippen molar-refractivity contribution in [3.63, 3.8) is 0 Å². The van der Waals surface area contributed by atoms with Crippen LogP contribution in [0.2, 0.25) is 0 Å². The van der Waals surface area contributed by atoms with Crippen LogP contribution in [-0.4, -0.2) is 49.1 Å². The van der Waals surface area contributed by atoms with E-state index in [1.165, 1.54) is 12.4 Å². The van der Waals surface area contributed by atoms with Crippen molar-refractivity contribution in [3.8, 4) is 11.5 Å². The summed E-state index contributed by atoms with van der Waals surface area (Å²) in [6.45, 7) is 0.306. The van der Waals surface area contributed by atoms with Gasteiger partial charge in [-0.2, -0.15) is 0 Å². The van der Waals surface area contributed by atoms with E-state index in [1.807, 2.05) is 18.2 Å². The van der Waals surface area contributed by atoms with E-state index in [-0.39, 0.29) is 18.6 Å². The van der Waals surface area contributed by atoms with Crippen LogP contribution < -0.4 is 9.47 Å². The minimum absolute atomic E-state index is 0.137. The maximum atomic E-state index is 12.7. The first-order valence-corrected chi connectivity index (χ1v) is 8.72. The Morgan fingerprint density at radius 1 is 1.15 bits per heavy atom. The molecule has 1 amide bonds. The van der Waals surface area contributed by atoms with Gasteiger partial charge in [0.2, 0.25) is 0 Å². The van der Waals surface area contributed by atoms with Crippen molar-refractivity contribution in [2.24, 2.45) is 0 Å². The molecule has 0 spiro atoms. The van der Waals surface area contributed by atoms with Crippen molar-refractivity contribution < 1.29 is 23.8 Å². The van der Waals surface area contributed by atoms with E-state index in [2.05, 4.69) is 4.98 Å². The highest BCUT2D eigenvalue weighted by molar-refractivity contribution is 5.91. The fourth-order valence-corrected chi connectivity index (χ4v) is 3.27. The van der Waals surface area contributed by atoms with E-state index < -0.39 is 5.97 Å². The maximum Gasteiger partial charge on any atom is 0.338 e. The fraction of sp³-hybridized carbons (Fsp3) is 0.350. The molecule has 2 heterocycles. The van der Waals surface area contributed by atoms with Crippen LogP contribution >= 0.6 is 0 Å². The number of pyridine rings is 1. The molecule has 7 heteroatoms. The monoisotopic (exact) mass is 370 g/mol. The van der Waals surface area contributed by atoms with Crippen LogP contribution in [0.25, 0.3) is 0 Å². The Labute approximate surface area is 157 Å². The molecule has 0 bridgehead atoms. The van der Waals surface area contributed by atoms with E-state index in [9.17, 15) is 9.59 Å². The third-order valence-corrected chi connectivity index (χ3v) is 4.61. The van der Waals surface area contributed by atoms with Crippen LogP contribution in [0.15, 0.2) is 42.7 Å². The third-order valence-electron chi connectivity index (χ3n) is 4.61. The zero-order valence-electron chi connectivity index (χ0n) is 15.4. The number of hydrogen-bond donors (Lipinski definition) is 0. The number of nitrogens with zero attached hydrogens (tertiary/aromatic N) is 2. The lowest BCUT2D eigenvalue weighted by atomic mass is 10.0. The highest BCUT2D eigenvalue weighted by atomic mass is 16.5. The quantitative estimate of drug-likeness (QED) is 0.728. The number of carbonyl (C=O) groups is 2. The van der Waals surface area contributed by atoms with Crippen molar-refractivity contribution >= 4 is 11.9 Å². The number of benzene rings is 1. The number of ether oxygens (including phenoxy) is 3. The summed E-state index contributed by atoms with van der Waals surface area (Å²) in [6.07, 6.45) is 4.69. The zero-order chi connectivity index (χ0) is 19.2. The Morgan fingerprint density at radius 2 is 1.93 bits per heavy atom. The van der Waals surface area contributed by atoms with Gasteiger partial charge < -0.3 is 19.1 Å². The summed E-state index contributed by atoms with van der Waals surface area (Å²) in [5.41, 5.74) is 1.26. The summed E-state index contributed by atoms with van der Waals surface area (Å²) in [4.78, 5) is 30.3. The summed E-state index contributed by atoms with van der Waals surface area (Å²) in [6, 6.07) is 8.50. The molecule has 0 radical (unpaired) electrons. The van der Waals surface area contributed by atoms with Gasteiger partial charge >= 0.3 is 5.97 Å². The fourth-order valence-electron chi connectivity index (χ4n) is 3.27. The molecule has 3 rings (SSSR count). The van der Waals surface area contributed by atoms with Crippen LogP contribution in [0.4, 0.5) is 0 Å². The highest BCUT2D eigenvalue weighted by Crippen LogP contribution is 2.38. The number of rotatable bonds is 6. The standard InChI is InChI=1S/C20H22N2O5/c1-25-15-5-6-18(26-2)16(12-15)17-4-3-11-22(17)19(23)13-27-20(24)14-7-9-21-10-8-14/h5-10,12,17H,3-4,11,13H2,1-2H3/t17-/m1/s1. The molecule has 1 aromatic heterocycles. The first kappa shape index (κ1) is 18.7. The van der Waals surface area contributed by atoms with Crippen LogP contribution in [0.1, 0.15) is 34.8 Å². The second kappa shape index (κ2) is 8.53. The number of aromatic nitrogens is 1. The molecule has 142 valence electrons. The van der Waals surface area contributed by atoms with E-state index in [4.69, 9.17) is 14.2 Å². The van der Waals surface area contributed by atoms with Gasteiger partial charge in [-0.1, -0.05) is 0 Å². The van der Waals surface area contributed by atoms with Gasteiger partial charge in [-0.05, 0) is 43.2 Å². The number of likely N-dealkylation sites (tertiary alicyclic amines) is 1. The normalized spacial score (nSPS) is 16.1. The molecule has 1 saturated heterocycles. The lowest BCUT2D eigenvalue weighted by Crippen LogP contribution is -2.34. The van der Waals surface area contributed by atoms with Gasteiger partial charge in [0.05, 0.1) is 25.8 Å². The smallest absolute Gasteiger partial charge is 0.338 e. The van der Waals surface area contributed by atoms with E-state index >= 15 is 0 Å². The van der Waals surface area contributed by atoms with Gasteiger partial charge in [0.25, 0.3) is 5.91 Å². The van der Waals surface area contributed by atoms with Crippen LogP contribution in [-0.2, 0) is 9.53 Å². The van der Waals surface area contributed by atoms with E-state index in [0.717, 1.165) is 18.4 Å². The molecule has 1 aromatic carbocycles. The van der Waals surface area contributed by atoms with Gasteiger partial charge in [-0.15, -0.1) is 0 Å². The molecule has 0 unspecified atom stereocenters. The van der Waals surface area contributed by atoms with E-state index in [0.29, 0.717) is 23.6 Å². The molecule has 1 aliphatic heterocycles. The highest BCUT2D eigenvalue weighted by Gasteiger charge is 2.32. The van der Waals surface area contributed by atoms with Crippen LogP contribution in [0, 0.1) is 0 Å². The average molecular weight is 370 g/mol. The number of hydrogen-bond acceptors (Lipinski definition) is 6. The Morgan fingerprint density at radius 3 is 2.63 bits per heavy atom. The molecule has 0 N–H and O–H groups in total. The molecular formula is C20H22N2O5. The summed E-state index contributed by atoms with van der Waals surface area (Å²) in [5, 5.41) is 0. The number of carbonyl (C=O) groups excluding carboxylic acids is 2. The van der Waals surface area contributed by atoms with Crippen molar-refractivity contribution in [3.05, 3.63) is 53.9 Å². The van der Waals surface area contributed by atoms with Crippen molar-refractivity contribution in [2.75, 3.05) is 27.4 Å². The van der Waals surface area contributed by atoms with Crippen molar-refractivity contribution in [2.45, 2.75) is 18.9 Å². The zero-order valence-corrected chi connectivity index (χ0v) is 15.4. The molecule has 1 fully saturated rings. The van der Waals surface area contributed by atoms with Gasteiger partial charge in [-0.25, -0.2) is 4.79 Å². The lowest BCUT2D eigenvalue weighted by Gasteiger charge is -2.26. The van der Waals surface area contributed by atoms with Gasteiger partial charge in [0.1, 0.15) is 11.5 Å². The van der Waals surface area contributed by atoms with E-state index in [1.54, 1.807) is 31.3 Å². The Hall–Kier alpha value is -3.09. The Bertz CT molecular complexity index is 809. The summed E-state index contributed by atoms with van der Waals surface area (Å²) < 4.78 is 15.9.